The maximum atomic E-state index is 11.8. The van der Waals surface area contributed by atoms with Crippen LogP contribution in [0.25, 0.3) is 0 Å². The smallest absolute Gasteiger partial charge is 0.335 e. The van der Waals surface area contributed by atoms with Crippen LogP contribution in [0.5, 0.6) is 11.5 Å². The van der Waals surface area contributed by atoms with E-state index in [0.29, 0.717) is 13.2 Å². The number of hydrogen-bond donors (Lipinski definition) is 0. The average Bonchev–Trinajstić information content (AvgIpc) is 2.66. The van der Waals surface area contributed by atoms with Gasteiger partial charge in [0.15, 0.2) is 0 Å². The Labute approximate surface area is 147 Å². The Morgan fingerprint density at radius 3 is 1.84 bits per heavy atom. The molecular weight excluding hydrogens is 320 g/mol. The fraction of sp³-hybridized carbons (Fsp3) is 0.250. The van der Waals surface area contributed by atoms with Gasteiger partial charge in [-0.05, 0) is 24.3 Å². The van der Waals surface area contributed by atoms with Crippen molar-refractivity contribution in [3.05, 3.63) is 72.8 Å². The Morgan fingerprint density at radius 1 is 0.760 bits per heavy atom. The van der Waals surface area contributed by atoms with Crippen LogP contribution >= 0.6 is 0 Å². The normalized spacial score (nSPS) is 10.1. The molecule has 0 aliphatic rings. The maximum absolute atomic E-state index is 11.8. The van der Waals surface area contributed by atoms with Crippen LogP contribution < -0.4 is 9.47 Å². The summed E-state index contributed by atoms with van der Waals surface area (Å²) in [7, 11) is 0. The van der Waals surface area contributed by atoms with E-state index in [1.54, 1.807) is 0 Å². The van der Waals surface area contributed by atoms with Crippen LogP contribution in [0.3, 0.4) is 0 Å². The predicted octanol–water partition coefficient (Wildman–Crippen LogP) is 3.26. The third-order valence-corrected chi connectivity index (χ3v) is 3.13. The van der Waals surface area contributed by atoms with Crippen molar-refractivity contribution in [3.63, 3.8) is 0 Å². The van der Waals surface area contributed by atoms with Crippen molar-refractivity contribution in [2.24, 2.45) is 0 Å². The van der Waals surface area contributed by atoms with Crippen LogP contribution in [0.4, 0.5) is 0 Å². The predicted molar refractivity (Wildman–Crippen MR) is 94.8 cm³/mol. The highest BCUT2D eigenvalue weighted by Crippen LogP contribution is 2.08. The average molecular weight is 342 g/mol. The second-order valence-corrected chi connectivity index (χ2v) is 5.12. The molecule has 0 saturated carbocycles. The molecule has 0 aliphatic carbocycles. The first-order valence-corrected chi connectivity index (χ1v) is 8.04. The summed E-state index contributed by atoms with van der Waals surface area (Å²) in [4.78, 5) is 11.8. The maximum Gasteiger partial charge on any atom is 0.335 e. The van der Waals surface area contributed by atoms with Gasteiger partial charge in [0.2, 0.25) is 0 Å². The molecule has 0 heterocycles. The summed E-state index contributed by atoms with van der Waals surface area (Å²) in [6, 6.07) is 18.8. The minimum absolute atomic E-state index is 0.108. The zero-order chi connectivity index (χ0) is 17.7. The van der Waals surface area contributed by atoms with Crippen LogP contribution in [-0.2, 0) is 14.3 Å². The zero-order valence-corrected chi connectivity index (χ0v) is 14.1. The molecule has 0 aliphatic heterocycles. The number of hydrogen-bond acceptors (Lipinski definition) is 5. The van der Waals surface area contributed by atoms with E-state index in [2.05, 4.69) is 6.58 Å². The zero-order valence-electron chi connectivity index (χ0n) is 14.1. The van der Waals surface area contributed by atoms with Crippen molar-refractivity contribution in [1.82, 2.24) is 0 Å². The lowest BCUT2D eigenvalue weighted by molar-refractivity contribution is -0.140. The van der Waals surface area contributed by atoms with Gasteiger partial charge in [-0.1, -0.05) is 43.0 Å². The molecule has 5 nitrogen and oxygen atoms in total. The van der Waals surface area contributed by atoms with Crippen molar-refractivity contribution in [2.45, 2.75) is 0 Å². The first-order chi connectivity index (χ1) is 12.3. The minimum Gasteiger partial charge on any atom is -0.491 e. The third kappa shape index (κ3) is 7.54. The minimum atomic E-state index is -0.486. The summed E-state index contributed by atoms with van der Waals surface area (Å²) in [5, 5.41) is 0. The number of carbonyl (C=O) groups excluding carboxylic acids is 1. The van der Waals surface area contributed by atoms with Crippen LogP contribution in [0.1, 0.15) is 0 Å². The number of benzene rings is 2. The van der Waals surface area contributed by atoms with Gasteiger partial charge >= 0.3 is 5.97 Å². The number of esters is 1. The lowest BCUT2D eigenvalue weighted by Gasteiger charge is -2.10. The van der Waals surface area contributed by atoms with Gasteiger partial charge in [-0.3, -0.25) is 0 Å². The Bertz CT molecular complexity index is 640. The molecule has 0 N–H and O–H groups in total. The highest BCUT2D eigenvalue weighted by molar-refractivity contribution is 5.87. The molecular formula is C20H22O5. The van der Waals surface area contributed by atoms with E-state index in [-0.39, 0.29) is 25.4 Å². The monoisotopic (exact) mass is 342 g/mol. The molecule has 0 saturated heterocycles. The van der Waals surface area contributed by atoms with E-state index in [9.17, 15) is 4.79 Å². The summed E-state index contributed by atoms with van der Waals surface area (Å²) in [6.45, 7) is 4.98. The van der Waals surface area contributed by atoms with Crippen molar-refractivity contribution >= 4 is 5.97 Å². The fourth-order valence-electron chi connectivity index (χ4n) is 1.90. The molecule has 25 heavy (non-hydrogen) atoms. The highest BCUT2D eigenvalue weighted by Gasteiger charge is 2.08. The van der Waals surface area contributed by atoms with Gasteiger partial charge in [0.1, 0.15) is 31.3 Å². The van der Waals surface area contributed by atoms with Crippen molar-refractivity contribution in [3.8, 4) is 11.5 Å². The number of para-hydroxylation sites is 2. The molecule has 2 rings (SSSR count). The van der Waals surface area contributed by atoms with Gasteiger partial charge in [-0.15, -0.1) is 0 Å². The second kappa shape index (κ2) is 10.9. The molecule has 2 aromatic carbocycles. The van der Waals surface area contributed by atoms with Gasteiger partial charge in [0, 0.05) is 0 Å². The van der Waals surface area contributed by atoms with Crippen LogP contribution in [0, 0.1) is 0 Å². The van der Waals surface area contributed by atoms with Crippen molar-refractivity contribution < 1.29 is 23.7 Å². The van der Waals surface area contributed by atoms with Crippen molar-refractivity contribution in [2.75, 3.05) is 33.0 Å². The van der Waals surface area contributed by atoms with Gasteiger partial charge < -0.3 is 18.9 Å². The lowest BCUT2D eigenvalue weighted by Crippen LogP contribution is -2.17. The topological polar surface area (TPSA) is 54.0 Å². The molecule has 0 radical (unpaired) electrons. The first-order valence-electron chi connectivity index (χ1n) is 8.04. The van der Waals surface area contributed by atoms with E-state index in [1.807, 2.05) is 60.7 Å². The molecule has 2 aromatic rings. The first kappa shape index (κ1) is 18.5. The number of rotatable bonds is 11. The summed E-state index contributed by atoms with van der Waals surface area (Å²) >= 11 is 0. The Balaban J connectivity index is 1.50. The molecule has 0 unspecified atom stereocenters. The molecule has 0 fully saturated rings. The summed E-state index contributed by atoms with van der Waals surface area (Å²) in [5.41, 5.74) is 0.263. The van der Waals surface area contributed by atoms with E-state index < -0.39 is 5.97 Å². The fourth-order valence-corrected chi connectivity index (χ4v) is 1.90. The Kier molecular flexibility index (Phi) is 8.08. The molecule has 5 heteroatoms. The van der Waals surface area contributed by atoms with E-state index in [1.165, 1.54) is 0 Å². The number of ether oxygens (including phenoxy) is 4. The molecule has 0 spiro atoms. The van der Waals surface area contributed by atoms with E-state index >= 15 is 0 Å². The lowest BCUT2D eigenvalue weighted by atomic mass is 10.3. The molecule has 0 bridgehead atoms. The van der Waals surface area contributed by atoms with Crippen molar-refractivity contribution in [1.29, 1.82) is 0 Å². The van der Waals surface area contributed by atoms with Gasteiger partial charge in [0.05, 0.1) is 18.8 Å². The van der Waals surface area contributed by atoms with Gasteiger partial charge in [-0.2, -0.15) is 0 Å². The van der Waals surface area contributed by atoms with Crippen LogP contribution in [0.15, 0.2) is 72.8 Å². The molecule has 0 atom stereocenters. The standard InChI is InChI=1S/C20H22O5/c1-17(16-22-12-13-23-18-8-4-2-5-9-18)20(21)25-15-14-24-19-10-6-3-7-11-19/h2-11H,1,12-16H2. The summed E-state index contributed by atoms with van der Waals surface area (Å²) < 4.78 is 21.4. The van der Waals surface area contributed by atoms with E-state index in [4.69, 9.17) is 18.9 Å². The second-order valence-electron chi connectivity index (χ2n) is 5.12. The van der Waals surface area contributed by atoms with Crippen LogP contribution in [-0.4, -0.2) is 39.0 Å². The van der Waals surface area contributed by atoms with Gasteiger partial charge in [-0.25, -0.2) is 4.79 Å². The molecule has 0 amide bonds. The van der Waals surface area contributed by atoms with E-state index in [0.717, 1.165) is 11.5 Å². The SMILES string of the molecule is C=C(COCCOc1ccccc1)C(=O)OCCOc1ccccc1. The molecule has 132 valence electrons. The highest BCUT2D eigenvalue weighted by atomic mass is 16.6. The quantitative estimate of drug-likeness (QED) is 0.356. The number of carbonyl (C=O) groups is 1. The van der Waals surface area contributed by atoms with Crippen LogP contribution in [0.2, 0.25) is 0 Å². The van der Waals surface area contributed by atoms with Gasteiger partial charge in [0.25, 0.3) is 0 Å². The largest absolute Gasteiger partial charge is 0.491 e. The Hall–Kier alpha value is -2.79. The summed E-state index contributed by atoms with van der Waals surface area (Å²) in [5.74, 6) is 1.03. The molecule has 0 aromatic heterocycles. The summed E-state index contributed by atoms with van der Waals surface area (Å²) in [6.07, 6.45) is 0. The Morgan fingerprint density at radius 2 is 1.28 bits per heavy atom. The third-order valence-electron chi connectivity index (χ3n) is 3.13.